The van der Waals surface area contributed by atoms with Crippen LogP contribution in [0.5, 0.6) is 0 Å². The molecule has 1 aliphatic carbocycles. The van der Waals surface area contributed by atoms with Crippen LogP contribution in [-0.4, -0.2) is 24.7 Å². The maximum Gasteiger partial charge on any atom is 0.246 e. The Labute approximate surface area is 199 Å². The van der Waals surface area contributed by atoms with Crippen LogP contribution in [0.1, 0.15) is 50.8 Å². The minimum Gasteiger partial charge on any atom is -0.320 e. The topological polar surface area (TPSA) is 55.4 Å². The maximum absolute atomic E-state index is 14.1. The van der Waals surface area contributed by atoms with Crippen molar-refractivity contribution in [2.45, 2.75) is 57.1 Å². The third kappa shape index (κ3) is 5.59. The highest BCUT2D eigenvalue weighted by Gasteiger charge is 2.39. The van der Waals surface area contributed by atoms with Gasteiger partial charge in [-0.15, -0.1) is 0 Å². The van der Waals surface area contributed by atoms with Gasteiger partial charge in [0.05, 0.1) is 6.42 Å². The lowest BCUT2D eigenvalue weighted by molar-refractivity contribution is -0.127. The number of benzene rings is 2. The molecule has 0 heterocycles. The Kier molecular flexibility index (Phi) is 7.26. The smallest absolute Gasteiger partial charge is 0.246 e. The Morgan fingerprint density at radius 1 is 1.12 bits per heavy atom. The van der Waals surface area contributed by atoms with E-state index in [-0.39, 0.29) is 23.2 Å². The van der Waals surface area contributed by atoms with E-state index in [1.165, 1.54) is 12.1 Å². The van der Waals surface area contributed by atoms with Gasteiger partial charge < -0.3 is 4.53 Å². The van der Waals surface area contributed by atoms with Crippen molar-refractivity contribution in [2.75, 3.05) is 6.26 Å². The third-order valence-corrected chi connectivity index (χ3v) is 11.7. The molecule has 0 fully saturated rings. The Balaban J connectivity index is 1.91. The first kappa shape index (κ1) is 25.3. The number of hydrogen-bond acceptors (Lipinski definition) is 3. The van der Waals surface area contributed by atoms with Crippen molar-refractivity contribution < 1.29 is 17.9 Å². The van der Waals surface area contributed by atoms with Crippen LogP contribution in [0.3, 0.4) is 0 Å². The van der Waals surface area contributed by atoms with E-state index in [9.17, 15) is 13.4 Å². The van der Waals surface area contributed by atoms with Gasteiger partial charge in [-0.1, -0.05) is 39.0 Å². The summed E-state index contributed by atoms with van der Waals surface area (Å²) < 4.78 is 31.7. The van der Waals surface area contributed by atoms with Gasteiger partial charge in [0.25, 0.3) is 0 Å². The largest absolute Gasteiger partial charge is 0.320 e. The molecule has 1 unspecified atom stereocenters. The number of carbonyl (C=O) groups excluding carboxylic acids is 1. The van der Waals surface area contributed by atoms with E-state index >= 15 is 0 Å². The van der Waals surface area contributed by atoms with Gasteiger partial charge in [0.1, 0.15) is 5.82 Å². The summed E-state index contributed by atoms with van der Waals surface area (Å²) in [5, 5.41) is -0.0333. The van der Waals surface area contributed by atoms with Gasteiger partial charge in [0.15, 0.2) is 0 Å². The molecule has 33 heavy (non-hydrogen) atoms. The van der Waals surface area contributed by atoms with Gasteiger partial charge in [-0.25, -0.2) is 9.87 Å². The molecule has 4 nitrogen and oxygen atoms in total. The van der Waals surface area contributed by atoms with Crippen molar-refractivity contribution in [3.63, 3.8) is 0 Å². The zero-order chi connectivity index (χ0) is 24.6. The molecule has 1 aliphatic rings. The summed E-state index contributed by atoms with van der Waals surface area (Å²) >= 11 is 0. The number of rotatable bonds is 6. The fourth-order valence-corrected chi connectivity index (χ4v) is 4.63. The average molecular weight is 486 g/mol. The molecule has 2 aromatic rings. The first-order valence-electron chi connectivity index (χ1n) is 10.9. The van der Waals surface area contributed by atoms with Gasteiger partial charge in [-0.2, -0.15) is 0 Å². The molecular weight excluding hydrogens is 453 g/mol. The summed E-state index contributed by atoms with van der Waals surface area (Å²) in [6.07, 6.45) is 3.77. The molecule has 0 saturated carbocycles. The maximum atomic E-state index is 14.1. The molecule has 0 aliphatic heterocycles. The van der Waals surface area contributed by atoms with E-state index in [4.69, 9.17) is 4.53 Å². The van der Waals surface area contributed by atoms with Crippen LogP contribution in [0.2, 0.25) is 18.1 Å². The van der Waals surface area contributed by atoms with Gasteiger partial charge >= 0.3 is 0 Å². The summed E-state index contributed by atoms with van der Waals surface area (Å²) in [4.78, 5) is 13.6. The number of carbonyl (C=O) groups is 1. The van der Waals surface area contributed by atoms with E-state index in [1.54, 1.807) is 12.3 Å². The molecule has 0 spiro atoms. The molecule has 0 saturated heterocycles. The van der Waals surface area contributed by atoms with Crippen LogP contribution in [-0.2, 0) is 20.1 Å². The van der Waals surface area contributed by atoms with E-state index in [1.807, 2.05) is 37.3 Å². The first-order chi connectivity index (χ1) is 15.3. The van der Waals surface area contributed by atoms with E-state index in [2.05, 4.69) is 39.3 Å². The number of hydroxylamine groups is 1. The lowest BCUT2D eigenvalue weighted by Crippen LogP contribution is -2.46. The molecule has 176 valence electrons. The van der Waals surface area contributed by atoms with Crippen molar-refractivity contribution in [3.8, 4) is 0 Å². The molecule has 0 aromatic heterocycles. The second-order valence-corrected chi connectivity index (χ2v) is 16.0. The van der Waals surface area contributed by atoms with E-state index in [0.717, 1.165) is 38.3 Å². The minimum atomic E-state index is -2.14. The lowest BCUT2D eigenvalue weighted by atomic mass is 10.0. The van der Waals surface area contributed by atoms with Crippen molar-refractivity contribution in [3.05, 3.63) is 70.5 Å². The van der Waals surface area contributed by atoms with Crippen molar-refractivity contribution in [2.24, 2.45) is 0 Å². The average Bonchev–Trinajstić information content (AvgIpc) is 2.97. The van der Waals surface area contributed by atoms with Crippen LogP contribution in [0.4, 0.5) is 4.39 Å². The van der Waals surface area contributed by atoms with Crippen LogP contribution < -0.4 is 5.48 Å². The second-order valence-electron chi connectivity index (χ2n) is 9.94. The molecule has 1 atom stereocenters. The van der Waals surface area contributed by atoms with Gasteiger partial charge in [0, 0.05) is 22.0 Å². The Morgan fingerprint density at radius 2 is 1.76 bits per heavy atom. The van der Waals surface area contributed by atoms with Crippen molar-refractivity contribution >= 4 is 42.2 Å². The van der Waals surface area contributed by atoms with Gasteiger partial charge in [-0.05, 0) is 88.8 Å². The summed E-state index contributed by atoms with van der Waals surface area (Å²) in [7, 11) is -3.18. The van der Waals surface area contributed by atoms with Gasteiger partial charge in [0.2, 0.25) is 14.2 Å². The lowest BCUT2D eigenvalue weighted by Gasteiger charge is -2.35. The normalized spacial score (nSPS) is 16.2. The fourth-order valence-electron chi connectivity index (χ4n) is 3.44. The summed E-state index contributed by atoms with van der Waals surface area (Å²) in [5.41, 5.74) is 7.89. The molecule has 2 aromatic carbocycles. The standard InChI is InChI=1S/C26H32FNO3SSi/c1-17-22(14-18-8-11-20(12-9-18)32(5)30)21-13-10-19(27)15-24(21)23(17)16-25(29)28-31-33(6,7)26(2,3)4/h8-15H,16H2,1-7H3,(H,28,29)/b22-14+. The minimum absolute atomic E-state index is 0.0333. The number of nitrogens with one attached hydrogen (secondary N) is 1. The second kappa shape index (κ2) is 9.48. The summed E-state index contributed by atoms with van der Waals surface area (Å²) in [5.74, 6) is -0.589. The third-order valence-electron chi connectivity index (χ3n) is 6.54. The number of amides is 1. The van der Waals surface area contributed by atoms with Crippen LogP contribution in [0, 0.1) is 5.82 Å². The Morgan fingerprint density at radius 3 is 2.33 bits per heavy atom. The highest BCUT2D eigenvalue weighted by atomic mass is 32.2. The number of fused-ring (bicyclic) bond motifs is 1. The van der Waals surface area contributed by atoms with Gasteiger partial charge in [-0.3, -0.25) is 9.00 Å². The zero-order valence-corrected chi connectivity index (χ0v) is 22.2. The predicted molar refractivity (Wildman–Crippen MR) is 137 cm³/mol. The fraction of sp³-hybridized carbons (Fsp3) is 0.346. The Hall–Kier alpha value is -2.35. The molecule has 1 amide bonds. The molecule has 7 heteroatoms. The predicted octanol–water partition coefficient (Wildman–Crippen LogP) is 6.33. The highest BCUT2D eigenvalue weighted by Crippen LogP contribution is 2.44. The zero-order valence-electron chi connectivity index (χ0n) is 20.3. The molecule has 0 radical (unpaired) electrons. The molecule has 1 N–H and O–H groups in total. The Bertz CT molecular complexity index is 1160. The van der Waals surface area contributed by atoms with Crippen LogP contribution in [0.25, 0.3) is 17.2 Å². The number of hydrogen-bond donors (Lipinski definition) is 1. The van der Waals surface area contributed by atoms with Crippen LogP contribution >= 0.6 is 0 Å². The molecule has 3 rings (SSSR count). The van der Waals surface area contributed by atoms with E-state index in [0.29, 0.717) is 0 Å². The van der Waals surface area contributed by atoms with Crippen molar-refractivity contribution in [1.82, 2.24) is 5.48 Å². The first-order valence-corrected chi connectivity index (χ1v) is 15.4. The monoisotopic (exact) mass is 485 g/mol. The SMILES string of the molecule is CC1=C(CC(=O)NO[Si](C)(C)C(C)(C)C)c2cc(F)ccc2/C1=C/c1ccc(S(C)=O)cc1. The van der Waals surface area contributed by atoms with E-state index < -0.39 is 19.1 Å². The summed E-state index contributed by atoms with van der Waals surface area (Å²) in [6, 6.07) is 12.2. The number of halogens is 1. The summed E-state index contributed by atoms with van der Waals surface area (Å²) in [6.45, 7) is 12.4. The van der Waals surface area contributed by atoms with Crippen LogP contribution in [0.15, 0.2) is 52.9 Å². The number of allylic oxidation sites excluding steroid dienone is 2. The molecular formula is C26H32FNO3SSi. The van der Waals surface area contributed by atoms with Crippen molar-refractivity contribution in [1.29, 1.82) is 0 Å². The molecule has 0 bridgehead atoms. The highest BCUT2D eigenvalue weighted by molar-refractivity contribution is 7.84. The quantitative estimate of drug-likeness (QED) is 0.384.